The van der Waals surface area contributed by atoms with Crippen LogP contribution in [0, 0.1) is 0 Å². The fourth-order valence-electron chi connectivity index (χ4n) is 3.55. The number of benzene rings is 1. The quantitative estimate of drug-likeness (QED) is 0.619. The molecule has 0 saturated heterocycles. The second-order valence-electron chi connectivity index (χ2n) is 7.62. The minimum Gasteiger partial charge on any atom is -0.419 e. The first-order valence-corrected chi connectivity index (χ1v) is 12.0. The smallest absolute Gasteiger partial charge is 0.249 e. The normalized spacial score (nSPS) is 15.2. The average molecular weight is 440 g/mol. The summed E-state index contributed by atoms with van der Waals surface area (Å²) in [4.78, 5) is 14.3. The first-order valence-electron chi connectivity index (χ1n) is 9.86. The summed E-state index contributed by atoms with van der Waals surface area (Å²) in [6.45, 7) is 3.86. The number of aromatic nitrogens is 2. The summed E-state index contributed by atoms with van der Waals surface area (Å²) in [5.41, 5.74) is 0.623. The molecule has 1 fully saturated rings. The zero-order valence-electron chi connectivity index (χ0n) is 16.7. The van der Waals surface area contributed by atoms with Crippen LogP contribution < -0.4 is 0 Å². The number of carbonyl (C=O) groups is 1. The molecule has 0 atom stereocenters. The van der Waals surface area contributed by atoms with Gasteiger partial charge in [0.15, 0.2) is 9.84 Å². The van der Waals surface area contributed by atoms with E-state index < -0.39 is 9.84 Å². The van der Waals surface area contributed by atoms with E-state index in [-0.39, 0.29) is 47.7 Å². The Morgan fingerprint density at radius 3 is 2.59 bits per heavy atom. The summed E-state index contributed by atoms with van der Waals surface area (Å²) in [5.74, 6) is 0.208. The number of hydrogen-bond donors (Lipinski definition) is 0. The summed E-state index contributed by atoms with van der Waals surface area (Å²) >= 11 is 6.16. The zero-order chi connectivity index (χ0) is 21.0. The van der Waals surface area contributed by atoms with Crippen LogP contribution in [0.4, 0.5) is 0 Å². The first kappa shape index (κ1) is 21.8. The molecule has 9 heteroatoms. The van der Waals surface area contributed by atoms with Crippen LogP contribution in [-0.4, -0.2) is 46.5 Å². The summed E-state index contributed by atoms with van der Waals surface area (Å²) in [6, 6.07) is 7.00. The molecule has 1 heterocycles. The number of nitrogens with zero attached hydrogens (tertiary/aromatic N) is 3. The van der Waals surface area contributed by atoms with Crippen LogP contribution in [0.15, 0.2) is 28.7 Å². The third-order valence-electron chi connectivity index (χ3n) is 5.23. The monoisotopic (exact) mass is 439 g/mol. The van der Waals surface area contributed by atoms with Gasteiger partial charge in [-0.1, -0.05) is 36.6 Å². The SMILES string of the molecule is CC(C)N(Cc1nnc(-c2ccccc2Cl)o1)C(=O)CCS(=O)(=O)C1CCCC1. The molecule has 3 rings (SSSR count). The van der Waals surface area contributed by atoms with E-state index in [0.29, 0.717) is 23.4 Å². The van der Waals surface area contributed by atoms with Crippen molar-refractivity contribution in [1.29, 1.82) is 0 Å². The predicted molar refractivity (Wildman–Crippen MR) is 111 cm³/mol. The van der Waals surface area contributed by atoms with Gasteiger partial charge >= 0.3 is 0 Å². The number of hydrogen-bond acceptors (Lipinski definition) is 6. The number of carbonyl (C=O) groups excluding carboxylic acids is 1. The van der Waals surface area contributed by atoms with Crippen LogP contribution in [0.2, 0.25) is 5.02 Å². The van der Waals surface area contributed by atoms with Crippen molar-refractivity contribution in [3.63, 3.8) is 0 Å². The topological polar surface area (TPSA) is 93.4 Å². The molecule has 7 nitrogen and oxygen atoms in total. The molecular weight excluding hydrogens is 414 g/mol. The van der Waals surface area contributed by atoms with Crippen molar-refractivity contribution in [2.75, 3.05) is 5.75 Å². The van der Waals surface area contributed by atoms with Crippen molar-refractivity contribution in [2.24, 2.45) is 0 Å². The van der Waals surface area contributed by atoms with Gasteiger partial charge in [0.05, 0.1) is 28.1 Å². The predicted octanol–water partition coefficient (Wildman–Crippen LogP) is 3.87. The number of sulfone groups is 1. The highest BCUT2D eigenvalue weighted by atomic mass is 35.5. The van der Waals surface area contributed by atoms with Gasteiger partial charge < -0.3 is 9.32 Å². The molecule has 158 valence electrons. The van der Waals surface area contributed by atoms with Crippen molar-refractivity contribution < 1.29 is 17.6 Å². The second kappa shape index (κ2) is 9.26. The lowest BCUT2D eigenvalue weighted by Crippen LogP contribution is -2.38. The third-order valence-corrected chi connectivity index (χ3v) is 7.82. The van der Waals surface area contributed by atoms with Crippen molar-refractivity contribution in [3.8, 4) is 11.5 Å². The lowest BCUT2D eigenvalue weighted by molar-refractivity contribution is -0.133. The van der Waals surface area contributed by atoms with E-state index in [4.69, 9.17) is 16.0 Å². The summed E-state index contributed by atoms with van der Waals surface area (Å²) in [5, 5.41) is 8.25. The first-order chi connectivity index (χ1) is 13.8. The standard InChI is InChI=1S/C20H26ClN3O4S/c1-14(2)24(19(25)11-12-29(26,27)15-7-3-4-8-15)13-18-22-23-20(28-18)16-9-5-6-10-17(16)21/h5-6,9-10,14-15H,3-4,7-8,11-13H2,1-2H3. The minimum absolute atomic E-state index is 0.0392. The average Bonchev–Trinajstić information content (AvgIpc) is 3.37. The van der Waals surface area contributed by atoms with E-state index in [1.54, 1.807) is 17.0 Å². The Hall–Kier alpha value is -1.93. The van der Waals surface area contributed by atoms with Crippen LogP contribution in [0.3, 0.4) is 0 Å². The molecule has 29 heavy (non-hydrogen) atoms. The molecule has 0 bridgehead atoms. The van der Waals surface area contributed by atoms with E-state index in [1.807, 2.05) is 26.0 Å². The van der Waals surface area contributed by atoms with Crippen molar-refractivity contribution in [2.45, 2.75) is 63.8 Å². The van der Waals surface area contributed by atoms with Crippen LogP contribution in [0.25, 0.3) is 11.5 Å². The highest BCUT2D eigenvalue weighted by molar-refractivity contribution is 7.92. The van der Waals surface area contributed by atoms with Crippen molar-refractivity contribution in [3.05, 3.63) is 35.2 Å². The molecule has 0 radical (unpaired) electrons. The van der Waals surface area contributed by atoms with Gasteiger partial charge in [-0.3, -0.25) is 4.79 Å². The summed E-state index contributed by atoms with van der Waals surface area (Å²) in [7, 11) is -3.24. The van der Waals surface area contributed by atoms with Crippen molar-refractivity contribution in [1.82, 2.24) is 15.1 Å². The van der Waals surface area contributed by atoms with E-state index in [1.165, 1.54) is 0 Å². The highest BCUT2D eigenvalue weighted by Crippen LogP contribution is 2.27. The number of amides is 1. The second-order valence-corrected chi connectivity index (χ2v) is 10.4. The van der Waals surface area contributed by atoms with Gasteiger partial charge in [0.2, 0.25) is 17.7 Å². The molecule has 2 aromatic rings. The minimum atomic E-state index is -3.24. The third kappa shape index (κ3) is 5.36. The molecule has 0 N–H and O–H groups in total. The highest BCUT2D eigenvalue weighted by Gasteiger charge is 2.30. The Bertz CT molecular complexity index is 952. The number of rotatable bonds is 8. The molecule has 1 aromatic carbocycles. The largest absolute Gasteiger partial charge is 0.419 e. The molecule has 1 aliphatic rings. The molecule has 1 amide bonds. The summed E-state index contributed by atoms with van der Waals surface area (Å²) in [6.07, 6.45) is 3.26. The van der Waals surface area contributed by atoms with Gasteiger partial charge in [-0.15, -0.1) is 10.2 Å². The maximum absolute atomic E-state index is 12.7. The Balaban J connectivity index is 1.66. The van der Waals surface area contributed by atoms with Crippen LogP contribution in [0.1, 0.15) is 51.8 Å². The fourth-order valence-corrected chi connectivity index (χ4v) is 5.61. The molecular formula is C20H26ClN3O4S. The van der Waals surface area contributed by atoms with Gasteiger partial charge in [-0.05, 0) is 38.8 Å². The van der Waals surface area contributed by atoms with E-state index >= 15 is 0 Å². The van der Waals surface area contributed by atoms with Crippen LogP contribution >= 0.6 is 11.6 Å². The lowest BCUT2D eigenvalue weighted by Gasteiger charge is -2.25. The Morgan fingerprint density at radius 1 is 1.24 bits per heavy atom. The van der Waals surface area contributed by atoms with E-state index in [0.717, 1.165) is 12.8 Å². The van der Waals surface area contributed by atoms with Crippen LogP contribution in [0.5, 0.6) is 0 Å². The molecule has 0 unspecified atom stereocenters. The van der Waals surface area contributed by atoms with Gasteiger partial charge in [-0.2, -0.15) is 0 Å². The molecule has 0 spiro atoms. The molecule has 1 aliphatic carbocycles. The van der Waals surface area contributed by atoms with Crippen LogP contribution in [-0.2, 0) is 21.2 Å². The van der Waals surface area contributed by atoms with Gasteiger partial charge in [0, 0.05) is 12.5 Å². The summed E-state index contributed by atoms with van der Waals surface area (Å²) < 4.78 is 30.6. The van der Waals surface area contributed by atoms with Crippen molar-refractivity contribution >= 4 is 27.3 Å². The number of halogens is 1. The molecule has 1 aromatic heterocycles. The van der Waals surface area contributed by atoms with Gasteiger partial charge in [0.1, 0.15) is 0 Å². The molecule has 1 saturated carbocycles. The zero-order valence-corrected chi connectivity index (χ0v) is 18.2. The Morgan fingerprint density at radius 2 is 1.93 bits per heavy atom. The Kier molecular flexibility index (Phi) is 6.95. The van der Waals surface area contributed by atoms with Gasteiger partial charge in [0.25, 0.3) is 0 Å². The van der Waals surface area contributed by atoms with E-state index in [9.17, 15) is 13.2 Å². The fraction of sp³-hybridized carbons (Fsp3) is 0.550. The molecule has 0 aliphatic heterocycles. The Labute approximate surface area is 176 Å². The van der Waals surface area contributed by atoms with Gasteiger partial charge in [-0.25, -0.2) is 8.42 Å². The maximum Gasteiger partial charge on any atom is 0.249 e. The maximum atomic E-state index is 12.7. The van der Waals surface area contributed by atoms with E-state index in [2.05, 4.69) is 10.2 Å². The lowest BCUT2D eigenvalue weighted by atomic mass is 10.2.